The summed E-state index contributed by atoms with van der Waals surface area (Å²) in [4.78, 5) is 0. The topological polar surface area (TPSA) is 29.5 Å². The summed E-state index contributed by atoms with van der Waals surface area (Å²) in [6.07, 6.45) is 0.526. The highest BCUT2D eigenvalue weighted by molar-refractivity contribution is 5.51. The van der Waals surface area contributed by atoms with Gasteiger partial charge in [0.1, 0.15) is 5.75 Å². The predicted molar refractivity (Wildman–Crippen MR) is 90.3 cm³/mol. The molecular formula is C19H32O2. The SMILES string of the molecule is CCCOc1c(C(C)(C)C)cc(C(C)O)cc1C(C)(C)C. The van der Waals surface area contributed by atoms with Crippen LogP contribution in [0.4, 0.5) is 0 Å². The third-order valence-electron chi connectivity index (χ3n) is 3.66. The van der Waals surface area contributed by atoms with Crippen LogP contribution in [0.5, 0.6) is 5.75 Å². The van der Waals surface area contributed by atoms with Crippen molar-refractivity contribution in [3.8, 4) is 5.75 Å². The van der Waals surface area contributed by atoms with E-state index in [9.17, 15) is 5.11 Å². The van der Waals surface area contributed by atoms with Crippen LogP contribution in [-0.2, 0) is 10.8 Å². The molecule has 0 bridgehead atoms. The van der Waals surface area contributed by atoms with Gasteiger partial charge >= 0.3 is 0 Å². The van der Waals surface area contributed by atoms with Crippen LogP contribution in [0.25, 0.3) is 0 Å². The summed E-state index contributed by atoms with van der Waals surface area (Å²) in [5.41, 5.74) is 3.29. The molecule has 0 saturated heterocycles. The average Bonchev–Trinajstić information content (AvgIpc) is 2.32. The van der Waals surface area contributed by atoms with Gasteiger partial charge in [-0.05, 0) is 41.9 Å². The highest BCUT2D eigenvalue weighted by Gasteiger charge is 2.28. The van der Waals surface area contributed by atoms with Gasteiger partial charge in [0.25, 0.3) is 0 Å². The van der Waals surface area contributed by atoms with Crippen LogP contribution in [0.2, 0.25) is 0 Å². The van der Waals surface area contributed by atoms with Crippen molar-refractivity contribution in [3.05, 3.63) is 28.8 Å². The Labute approximate surface area is 130 Å². The first kappa shape index (κ1) is 18.0. The van der Waals surface area contributed by atoms with Crippen LogP contribution < -0.4 is 4.74 Å². The second-order valence-electron chi connectivity index (χ2n) is 7.97. The third-order valence-corrected chi connectivity index (χ3v) is 3.66. The highest BCUT2D eigenvalue weighted by atomic mass is 16.5. The van der Waals surface area contributed by atoms with E-state index >= 15 is 0 Å². The number of hydrogen-bond donors (Lipinski definition) is 1. The fourth-order valence-corrected chi connectivity index (χ4v) is 2.37. The Balaban J connectivity index is 3.61. The van der Waals surface area contributed by atoms with Crippen molar-refractivity contribution in [1.82, 2.24) is 0 Å². The Kier molecular flexibility index (Phi) is 5.49. The molecule has 0 saturated carbocycles. The molecule has 1 aromatic rings. The smallest absolute Gasteiger partial charge is 0.126 e. The average molecular weight is 292 g/mol. The molecule has 0 aliphatic rings. The van der Waals surface area contributed by atoms with Crippen molar-refractivity contribution in [1.29, 1.82) is 0 Å². The van der Waals surface area contributed by atoms with Crippen molar-refractivity contribution in [3.63, 3.8) is 0 Å². The van der Waals surface area contributed by atoms with E-state index in [1.54, 1.807) is 0 Å². The summed E-state index contributed by atoms with van der Waals surface area (Å²) in [6.45, 7) is 17.8. The van der Waals surface area contributed by atoms with E-state index in [1.807, 2.05) is 6.92 Å². The van der Waals surface area contributed by atoms with Crippen molar-refractivity contribution in [2.24, 2.45) is 0 Å². The van der Waals surface area contributed by atoms with E-state index in [0.717, 1.165) is 24.3 Å². The van der Waals surface area contributed by atoms with Crippen molar-refractivity contribution < 1.29 is 9.84 Å². The molecule has 120 valence electrons. The molecule has 1 N–H and O–H groups in total. The first-order valence-corrected chi connectivity index (χ1v) is 7.98. The molecule has 0 fully saturated rings. The maximum atomic E-state index is 10.0. The molecule has 0 amide bonds. The van der Waals surface area contributed by atoms with Crippen molar-refractivity contribution in [2.75, 3.05) is 6.61 Å². The number of aliphatic hydroxyl groups excluding tert-OH is 1. The fraction of sp³-hybridized carbons (Fsp3) is 0.684. The summed E-state index contributed by atoms with van der Waals surface area (Å²) in [5, 5.41) is 10.0. The summed E-state index contributed by atoms with van der Waals surface area (Å²) >= 11 is 0. The summed E-state index contributed by atoms with van der Waals surface area (Å²) in [5.74, 6) is 1.00. The number of benzene rings is 1. The van der Waals surface area contributed by atoms with Gasteiger partial charge in [-0.3, -0.25) is 0 Å². The summed E-state index contributed by atoms with van der Waals surface area (Å²) in [7, 11) is 0. The zero-order valence-corrected chi connectivity index (χ0v) is 15.0. The van der Waals surface area contributed by atoms with Crippen LogP contribution in [0, 0.1) is 0 Å². The van der Waals surface area contributed by atoms with Crippen LogP contribution in [0.15, 0.2) is 12.1 Å². The Bertz CT molecular complexity index is 438. The van der Waals surface area contributed by atoms with Crippen molar-refractivity contribution in [2.45, 2.75) is 78.7 Å². The van der Waals surface area contributed by atoms with Gasteiger partial charge in [-0.15, -0.1) is 0 Å². The van der Waals surface area contributed by atoms with Gasteiger partial charge in [-0.2, -0.15) is 0 Å². The third kappa shape index (κ3) is 4.47. The molecule has 0 heterocycles. The number of ether oxygens (including phenoxy) is 1. The minimum absolute atomic E-state index is 0.0199. The maximum Gasteiger partial charge on any atom is 0.126 e. The monoisotopic (exact) mass is 292 g/mol. The molecule has 1 unspecified atom stereocenters. The number of hydrogen-bond acceptors (Lipinski definition) is 2. The Morgan fingerprint density at radius 3 is 1.71 bits per heavy atom. The molecular weight excluding hydrogens is 260 g/mol. The molecule has 2 heteroatoms. The molecule has 21 heavy (non-hydrogen) atoms. The molecule has 0 radical (unpaired) electrons. The van der Waals surface area contributed by atoms with Gasteiger partial charge in [-0.1, -0.05) is 48.5 Å². The van der Waals surface area contributed by atoms with Crippen molar-refractivity contribution >= 4 is 0 Å². The largest absolute Gasteiger partial charge is 0.493 e. The minimum atomic E-state index is -0.465. The van der Waals surface area contributed by atoms with Gasteiger partial charge in [0.15, 0.2) is 0 Å². The highest BCUT2D eigenvalue weighted by Crippen LogP contribution is 2.41. The minimum Gasteiger partial charge on any atom is -0.493 e. The number of rotatable bonds is 4. The Morgan fingerprint density at radius 2 is 1.43 bits per heavy atom. The summed E-state index contributed by atoms with van der Waals surface area (Å²) < 4.78 is 6.12. The van der Waals surface area contributed by atoms with Gasteiger partial charge in [0, 0.05) is 11.1 Å². The second-order valence-corrected chi connectivity index (χ2v) is 7.97. The molecule has 1 aromatic carbocycles. The second kappa shape index (κ2) is 6.39. The molecule has 0 aliphatic heterocycles. The lowest BCUT2D eigenvalue weighted by Crippen LogP contribution is -2.21. The van der Waals surface area contributed by atoms with E-state index in [1.165, 1.54) is 11.1 Å². The predicted octanol–water partition coefficient (Wildman–Crippen LogP) is 5.12. The van der Waals surface area contributed by atoms with Crippen LogP contribution in [0.1, 0.15) is 84.6 Å². The lowest BCUT2D eigenvalue weighted by Gasteiger charge is -2.31. The van der Waals surface area contributed by atoms with Gasteiger partial charge in [0.2, 0.25) is 0 Å². The van der Waals surface area contributed by atoms with Crippen LogP contribution >= 0.6 is 0 Å². The lowest BCUT2D eigenvalue weighted by molar-refractivity contribution is 0.198. The normalized spacial score (nSPS) is 14.1. The van der Waals surface area contributed by atoms with Gasteiger partial charge < -0.3 is 9.84 Å². The zero-order valence-electron chi connectivity index (χ0n) is 15.0. The fourth-order valence-electron chi connectivity index (χ4n) is 2.37. The standard InChI is InChI=1S/C19H32O2/c1-9-10-21-17-15(18(3,4)5)11-14(13(2)20)12-16(17)19(6,7)8/h11-13,20H,9-10H2,1-8H3. The number of aliphatic hydroxyl groups is 1. The molecule has 0 aliphatic carbocycles. The molecule has 2 nitrogen and oxygen atoms in total. The van der Waals surface area contributed by atoms with Crippen LogP contribution in [-0.4, -0.2) is 11.7 Å². The first-order chi connectivity index (χ1) is 9.48. The molecule has 1 atom stereocenters. The van der Waals surface area contributed by atoms with E-state index < -0.39 is 6.10 Å². The molecule has 0 aromatic heterocycles. The molecule has 0 spiro atoms. The maximum absolute atomic E-state index is 10.0. The van der Waals surface area contributed by atoms with Gasteiger partial charge in [-0.25, -0.2) is 0 Å². The van der Waals surface area contributed by atoms with E-state index in [4.69, 9.17) is 4.74 Å². The van der Waals surface area contributed by atoms with Crippen LogP contribution in [0.3, 0.4) is 0 Å². The van der Waals surface area contributed by atoms with Gasteiger partial charge in [0.05, 0.1) is 12.7 Å². The summed E-state index contributed by atoms with van der Waals surface area (Å²) in [6, 6.07) is 4.20. The quantitative estimate of drug-likeness (QED) is 0.834. The van der Waals surface area contributed by atoms with E-state index in [2.05, 4.69) is 60.6 Å². The zero-order chi connectivity index (χ0) is 16.4. The van der Waals surface area contributed by atoms with E-state index in [0.29, 0.717) is 0 Å². The Morgan fingerprint density at radius 1 is 1.00 bits per heavy atom. The van der Waals surface area contributed by atoms with E-state index in [-0.39, 0.29) is 10.8 Å². The lowest BCUT2D eigenvalue weighted by atomic mass is 9.78. The molecule has 1 rings (SSSR count). The Hall–Kier alpha value is -1.02. The first-order valence-electron chi connectivity index (χ1n) is 7.98.